The van der Waals surface area contributed by atoms with E-state index in [0.717, 1.165) is 18.7 Å². The first kappa shape index (κ1) is 16.6. The number of hydrogen-bond acceptors (Lipinski definition) is 2. The first-order valence-electron chi connectivity index (χ1n) is 5.33. The summed E-state index contributed by atoms with van der Waals surface area (Å²) in [4.78, 5) is 0. The van der Waals surface area contributed by atoms with Crippen molar-refractivity contribution in [3.63, 3.8) is 0 Å². The maximum Gasteiger partial charge on any atom is 0.126 e. The van der Waals surface area contributed by atoms with Gasteiger partial charge in [-0.15, -0.1) is 24.8 Å². The van der Waals surface area contributed by atoms with E-state index in [2.05, 4.69) is 24.5 Å². The Bertz CT molecular complexity index is 348. The minimum atomic E-state index is -0.106. The SMILES string of the molecule is CC1(C)NCC(c2ccccc2F)CN1.Cl.Cl. The normalized spacial score (nSPS) is 19.0. The number of nitrogens with one attached hydrogen (secondary N) is 2. The lowest BCUT2D eigenvalue weighted by Crippen LogP contribution is -2.59. The Morgan fingerprint density at radius 3 is 2.18 bits per heavy atom. The van der Waals surface area contributed by atoms with E-state index in [1.54, 1.807) is 6.07 Å². The maximum absolute atomic E-state index is 13.5. The molecule has 0 aliphatic carbocycles. The summed E-state index contributed by atoms with van der Waals surface area (Å²) >= 11 is 0. The Balaban J connectivity index is 0.00000128. The predicted octanol–water partition coefficient (Wildman–Crippen LogP) is 2.68. The van der Waals surface area contributed by atoms with Crippen molar-refractivity contribution >= 4 is 24.8 Å². The maximum atomic E-state index is 13.5. The molecule has 0 spiro atoms. The molecule has 1 aliphatic rings. The van der Waals surface area contributed by atoms with Crippen molar-refractivity contribution < 1.29 is 4.39 Å². The van der Waals surface area contributed by atoms with Crippen molar-refractivity contribution in [1.29, 1.82) is 0 Å². The topological polar surface area (TPSA) is 24.1 Å². The van der Waals surface area contributed by atoms with Crippen LogP contribution in [0.25, 0.3) is 0 Å². The standard InChI is InChI=1S/C12H17FN2.2ClH/c1-12(2)14-7-9(8-15-12)10-5-3-4-6-11(10)13;;/h3-6,9,14-15H,7-8H2,1-2H3;2*1H. The molecule has 17 heavy (non-hydrogen) atoms. The van der Waals surface area contributed by atoms with Gasteiger partial charge in [-0.05, 0) is 25.5 Å². The molecule has 98 valence electrons. The summed E-state index contributed by atoms with van der Waals surface area (Å²) < 4.78 is 13.5. The van der Waals surface area contributed by atoms with E-state index in [1.807, 2.05) is 12.1 Å². The van der Waals surface area contributed by atoms with Crippen molar-refractivity contribution in [2.24, 2.45) is 0 Å². The molecular weight excluding hydrogens is 262 g/mol. The molecule has 5 heteroatoms. The van der Waals surface area contributed by atoms with Crippen molar-refractivity contribution in [2.45, 2.75) is 25.4 Å². The highest BCUT2D eigenvalue weighted by Crippen LogP contribution is 2.21. The van der Waals surface area contributed by atoms with Crippen LogP contribution in [-0.4, -0.2) is 18.8 Å². The van der Waals surface area contributed by atoms with E-state index in [1.165, 1.54) is 6.07 Å². The van der Waals surface area contributed by atoms with Crippen LogP contribution in [0.2, 0.25) is 0 Å². The van der Waals surface area contributed by atoms with Crippen LogP contribution < -0.4 is 10.6 Å². The molecule has 0 unspecified atom stereocenters. The highest BCUT2D eigenvalue weighted by Gasteiger charge is 2.27. The average Bonchev–Trinajstić information content (AvgIpc) is 2.19. The molecule has 1 aliphatic heterocycles. The fraction of sp³-hybridized carbons (Fsp3) is 0.500. The molecule has 1 aromatic carbocycles. The minimum absolute atomic E-state index is 0. The fourth-order valence-corrected chi connectivity index (χ4v) is 1.92. The van der Waals surface area contributed by atoms with Gasteiger partial charge in [-0.1, -0.05) is 18.2 Å². The van der Waals surface area contributed by atoms with Gasteiger partial charge in [0.05, 0.1) is 5.66 Å². The average molecular weight is 281 g/mol. The largest absolute Gasteiger partial charge is 0.299 e. The summed E-state index contributed by atoms with van der Waals surface area (Å²) in [6, 6.07) is 7.00. The van der Waals surface area contributed by atoms with Crippen LogP contribution in [0.4, 0.5) is 4.39 Å². The Morgan fingerprint density at radius 1 is 1.12 bits per heavy atom. The third kappa shape index (κ3) is 4.11. The van der Waals surface area contributed by atoms with Gasteiger partial charge in [0.1, 0.15) is 5.82 Å². The summed E-state index contributed by atoms with van der Waals surface area (Å²) in [7, 11) is 0. The molecule has 2 nitrogen and oxygen atoms in total. The van der Waals surface area contributed by atoms with Gasteiger partial charge in [0.25, 0.3) is 0 Å². The second-order valence-electron chi connectivity index (χ2n) is 4.61. The molecule has 0 amide bonds. The first-order chi connectivity index (χ1) is 7.08. The minimum Gasteiger partial charge on any atom is -0.299 e. The third-order valence-corrected chi connectivity index (χ3v) is 2.93. The molecule has 0 aromatic heterocycles. The summed E-state index contributed by atoms with van der Waals surface area (Å²) in [5.41, 5.74) is 0.759. The molecule has 0 saturated carbocycles. The number of rotatable bonds is 1. The van der Waals surface area contributed by atoms with Gasteiger partial charge in [-0.25, -0.2) is 4.39 Å². The zero-order valence-corrected chi connectivity index (χ0v) is 11.6. The Hall–Kier alpha value is -0.350. The second-order valence-corrected chi connectivity index (χ2v) is 4.61. The Labute approximate surface area is 114 Å². The Kier molecular flexibility index (Phi) is 6.41. The fourth-order valence-electron chi connectivity index (χ4n) is 1.92. The monoisotopic (exact) mass is 280 g/mol. The van der Waals surface area contributed by atoms with Crippen molar-refractivity contribution in [3.05, 3.63) is 35.6 Å². The quantitative estimate of drug-likeness (QED) is 0.827. The van der Waals surface area contributed by atoms with Gasteiger partial charge >= 0.3 is 0 Å². The number of halogens is 3. The zero-order valence-electron chi connectivity index (χ0n) is 10.00. The van der Waals surface area contributed by atoms with Crippen LogP contribution in [0, 0.1) is 5.82 Å². The number of benzene rings is 1. The number of hydrogen-bond donors (Lipinski definition) is 2. The van der Waals surface area contributed by atoms with E-state index in [4.69, 9.17) is 0 Å². The van der Waals surface area contributed by atoms with Crippen molar-refractivity contribution in [3.8, 4) is 0 Å². The molecule has 1 fully saturated rings. The lowest BCUT2D eigenvalue weighted by atomic mass is 9.95. The van der Waals surface area contributed by atoms with E-state index >= 15 is 0 Å². The molecule has 0 atom stereocenters. The van der Waals surface area contributed by atoms with Gasteiger partial charge in [-0.3, -0.25) is 10.6 Å². The summed E-state index contributed by atoms with van der Waals surface area (Å²) in [6.45, 7) is 5.82. The van der Waals surface area contributed by atoms with Crippen LogP contribution in [0.15, 0.2) is 24.3 Å². The van der Waals surface area contributed by atoms with E-state index < -0.39 is 0 Å². The highest BCUT2D eigenvalue weighted by atomic mass is 35.5. The summed E-state index contributed by atoms with van der Waals surface area (Å²) in [6.07, 6.45) is 0. The van der Waals surface area contributed by atoms with Gasteiger partial charge < -0.3 is 0 Å². The van der Waals surface area contributed by atoms with Gasteiger partial charge in [0.2, 0.25) is 0 Å². The van der Waals surface area contributed by atoms with Crippen LogP contribution in [0.1, 0.15) is 25.3 Å². The molecule has 1 saturated heterocycles. The summed E-state index contributed by atoms with van der Waals surface area (Å²) in [5, 5.41) is 6.71. The van der Waals surface area contributed by atoms with Crippen LogP contribution in [0.5, 0.6) is 0 Å². The third-order valence-electron chi connectivity index (χ3n) is 2.93. The molecule has 1 aromatic rings. The first-order valence-corrected chi connectivity index (χ1v) is 5.33. The van der Waals surface area contributed by atoms with Gasteiger partial charge in [0.15, 0.2) is 0 Å². The van der Waals surface area contributed by atoms with Crippen LogP contribution >= 0.6 is 24.8 Å². The predicted molar refractivity (Wildman–Crippen MR) is 73.7 cm³/mol. The smallest absolute Gasteiger partial charge is 0.126 e. The Morgan fingerprint density at radius 2 is 1.65 bits per heavy atom. The van der Waals surface area contributed by atoms with E-state index in [9.17, 15) is 4.39 Å². The molecule has 2 N–H and O–H groups in total. The molecular formula is C12H19Cl2FN2. The van der Waals surface area contributed by atoms with E-state index in [0.29, 0.717) is 0 Å². The zero-order chi connectivity index (χ0) is 10.9. The van der Waals surface area contributed by atoms with Crippen LogP contribution in [0.3, 0.4) is 0 Å². The molecule has 1 heterocycles. The highest BCUT2D eigenvalue weighted by molar-refractivity contribution is 5.85. The van der Waals surface area contributed by atoms with Gasteiger partial charge in [0, 0.05) is 19.0 Å². The lowest BCUT2D eigenvalue weighted by Gasteiger charge is -2.37. The second kappa shape index (κ2) is 6.55. The van der Waals surface area contributed by atoms with Crippen molar-refractivity contribution in [2.75, 3.05) is 13.1 Å². The summed E-state index contributed by atoms with van der Waals surface area (Å²) in [5.74, 6) is 0.116. The van der Waals surface area contributed by atoms with Crippen LogP contribution in [-0.2, 0) is 0 Å². The lowest BCUT2D eigenvalue weighted by molar-refractivity contribution is 0.248. The van der Waals surface area contributed by atoms with Gasteiger partial charge in [-0.2, -0.15) is 0 Å². The molecule has 0 bridgehead atoms. The molecule has 0 radical (unpaired) electrons. The molecule has 2 rings (SSSR count). The van der Waals surface area contributed by atoms with E-state index in [-0.39, 0.29) is 42.2 Å². The van der Waals surface area contributed by atoms with Crippen molar-refractivity contribution in [1.82, 2.24) is 10.6 Å².